The Kier molecular flexibility index (Phi) is 4.36. The normalized spacial score (nSPS) is 13.6. The van der Waals surface area contributed by atoms with E-state index in [1.54, 1.807) is 7.11 Å². The Morgan fingerprint density at radius 3 is 2.56 bits per heavy atom. The highest BCUT2D eigenvalue weighted by atomic mass is 16.5. The smallest absolute Gasteiger partial charge is 0.119 e. The van der Waals surface area contributed by atoms with E-state index >= 15 is 0 Å². The van der Waals surface area contributed by atoms with Crippen LogP contribution < -0.4 is 10.1 Å². The molecule has 16 heavy (non-hydrogen) atoms. The summed E-state index contributed by atoms with van der Waals surface area (Å²) in [5.41, 5.74) is 1.49. The molecule has 2 heteroatoms. The quantitative estimate of drug-likeness (QED) is 0.843. The lowest BCUT2D eigenvalue weighted by Crippen LogP contribution is -2.38. The average Bonchev–Trinajstić information content (AvgIpc) is 2.25. The van der Waals surface area contributed by atoms with Crippen LogP contribution in [-0.2, 0) is 0 Å². The summed E-state index contributed by atoms with van der Waals surface area (Å²) in [5, 5.41) is 3.52. The minimum atomic E-state index is 0.174. The van der Waals surface area contributed by atoms with E-state index in [2.05, 4.69) is 45.1 Å². The Balaban J connectivity index is 2.62. The van der Waals surface area contributed by atoms with Gasteiger partial charge in [-0.2, -0.15) is 0 Å². The van der Waals surface area contributed by atoms with E-state index in [-0.39, 0.29) is 5.54 Å². The van der Waals surface area contributed by atoms with Crippen molar-refractivity contribution in [2.75, 3.05) is 13.7 Å². The van der Waals surface area contributed by atoms with Crippen LogP contribution in [0.25, 0.3) is 0 Å². The molecule has 0 saturated heterocycles. The Morgan fingerprint density at radius 2 is 2.00 bits per heavy atom. The first-order chi connectivity index (χ1) is 7.42. The molecule has 0 aliphatic rings. The molecule has 90 valence electrons. The standard InChI is InChI=1S/C14H23NO/c1-11(10-15-14(2,3)4)12-7-6-8-13(9-12)16-5/h6-9,11,15H,10H2,1-5H3. The summed E-state index contributed by atoms with van der Waals surface area (Å²) >= 11 is 0. The zero-order chi connectivity index (χ0) is 12.2. The number of methoxy groups -OCH3 is 1. The van der Waals surface area contributed by atoms with Gasteiger partial charge in [-0.25, -0.2) is 0 Å². The van der Waals surface area contributed by atoms with Gasteiger partial charge in [0, 0.05) is 12.1 Å². The van der Waals surface area contributed by atoms with Crippen LogP contribution in [-0.4, -0.2) is 19.2 Å². The summed E-state index contributed by atoms with van der Waals surface area (Å²) in [5.74, 6) is 1.43. The molecule has 0 aromatic heterocycles. The Morgan fingerprint density at radius 1 is 1.31 bits per heavy atom. The molecular formula is C14H23NO. The minimum absolute atomic E-state index is 0.174. The van der Waals surface area contributed by atoms with Crippen molar-refractivity contribution < 1.29 is 4.74 Å². The van der Waals surface area contributed by atoms with Crippen molar-refractivity contribution in [1.29, 1.82) is 0 Å². The zero-order valence-corrected chi connectivity index (χ0v) is 11.0. The molecule has 0 radical (unpaired) electrons. The first-order valence-corrected chi connectivity index (χ1v) is 5.81. The molecule has 2 nitrogen and oxygen atoms in total. The predicted octanol–water partition coefficient (Wildman–Crippen LogP) is 3.19. The van der Waals surface area contributed by atoms with E-state index < -0.39 is 0 Å². The highest BCUT2D eigenvalue weighted by Gasteiger charge is 2.12. The van der Waals surface area contributed by atoms with Crippen molar-refractivity contribution in [2.45, 2.75) is 39.2 Å². The minimum Gasteiger partial charge on any atom is -0.497 e. The maximum atomic E-state index is 5.23. The Hall–Kier alpha value is -1.02. The van der Waals surface area contributed by atoms with Gasteiger partial charge in [0.1, 0.15) is 5.75 Å². The second-order valence-corrected chi connectivity index (χ2v) is 5.31. The third-order valence-electron chi connectivity index (χ3n) is 2.60. The third-order valence-corrected chi connectivity index (χ3v) is 2.60. The number of hydrogen-bond donors (Lipinski definition) is 1. The summed E-state index contributed by atoms with van der Waals surface area (Å²) in [6, 6.07) is 8.28. The van der Waals surface area contributed by atoms with Crippen LogP contribution in [0.4, 0.5) is 0 Å². The molecule has 0 spiro atoms. The summed E-state index contributed by atoms with van der Waals surface area (Å²) in [7, 11) is 1.71. The molecule has 1 rings (SSSR count). The van der Waals surface area contributed by atoms with E-state index in [9.17, 15) is 0 Å². The SMILES string of the molecule is COc1cccc(C(C)CNC(C)(C)C)c1. The molecule has 0 amide bonds. The first kappa shape index (κ1) is 13.0. The fourth-order valence-corrected chi connectivity index (χ4v) is 1.53. The van der Waals surface area contributed by atoms with Gasteiger partial charge < -0.3 is 10.1 Å². The Bertz CT molecular complexity index is 328. The van der Waals surface area contributed by atoms with Gasteiger partial charge in [-0.15, -0.1) is 0 Å². The summed E-state index contributed by atoms with van der Waals surface area (Å²) in [6.45, 7) is 9.77. The van der Waals surface area contributed by atoms with Crippen molar-refractivity contribution in [2.24, 2.45) is 0 Å². The van der Waals surface area contributed by atoms with Gasteiger partial charge in [0.25, 0.3) is 0 Å². The average molecular weight is 221 g/mol. The van der Waals surface area contributed by atoms with E-state index in [0.717, 1.165) is 12.3 Å². The van der Waals surface area contributed by atoms with Crippen molar-refractivity contribution in [3.05, 3.63) is 29.8 Å². The van der Waals surface area contributed by atoms with Crippen LogP contribution in [0.1, 0.15) is 39.2 Å². The second kappa shape index (κ2) is 5.35. The van der Waals surface area contributed by atoms with Crippen LogP contribution in [0.3, 0.4) is 0 Å². The highest BCUT2D eigenvalue weighted by molar-refractivity contribution is 5.30. The molecule has 0 heterocycles. The zero-order valence-electron chi connectivity index (χ0n) is 11.0. The van der Waals surface area contributed by atoms with Crippen LogP contribution in [0.2, 0.25) is 0 Å². The molecule has 0 bridgehead atoms. The van der Waals surface area contributed by atoms with Crippen LogP contribution in [0.5, 0.6) is 5.75 Å². The van der Waals surface area contributed by atoms with Gasteiger partial charge >= 0.3 is 0 Å². The molecule has 0 aliphatic carbocycles. The number of hydrogen-bond acceptors (Lipinski definition) is 2. The van der Waals surface area contributed by atoms with Gasteiger partial charge in [-0.1, -0.05) is 19.1 Å². The van der Waals surface area contributed by atoms with Crippen molar-refractivity contribution in [1.82, 2.24) is 5.32 Å². The maximum Gasteiger partial charge on any atom is 0.119 e. The van der Waals surface area contributed by atoms with Gasteiger partial charge in [-0.3, -0.25) is 0 Å². The maximum absolute atomic E-state index is 5.23. The largest absolute Gasteiger partial charge is 0.497 e. The summed E-state index contributed by atoms with van der Waals surface area (Å²) in [6.07, 6.45) is 0. The van der Waals surface area contributed by atoms with Crippen molar-refractivity contribution in [3.8, 4) is 5.75 Å². The van der Waals surface area contributed by atoms with Gasteiger partial charge in [0.2, 0.25) is 0 Å². The monoisotopic (exact) mass is 221 g/mol. The molecule has 0 aliphatic heterocycles. The molecule has 1 unspecified atom stereocenters. The molecule has 0 saturated carbocycles. The van der Waals surface area contributed by atoms with E-state index in [4.69, 9.17) is 4.74 Å². The van der Waals surface area contributed by atoms with E-state index in [1.165, 1.54) is 5.56 Å². The topological polar surface area (TPSA) is 21.3 Å². The van der Waals surface area contributed by atoms with Gasteiger partial charge in [0.05, 0.1) is 7.11 Å². The molecule has 1 aromatic rings. The summed E-state index contributed by atoms with van der Waals surface area (Å²) in [4.78, 5) is 0. The molecule has 1 N–H and O–H groups in total. The number of benzene rings is 1. The number of nitrogens with one attached hydrogen (secondary N) is 1. The van der Waals surface area contributed by atoms with Crippen LogP contribution in [0, 0.1) is 0 Å². The summed E-state index contributed by atoms with van der Waals surface area (Å²) < 4.78 is 5.23. The van der Waals surface area contributed by atoms with Crippen molar-refractivity contribution >= 4 is 0 Å². The van der Waals surface area contributed by atoms with E-state index in [0.29, 0.717) is 5.92 Å². The fraction of sp³-hybridized carbons (Fsp3) is 0.571. The fourth-order valence-electron chi connectivity index (χ4n) is 1.53. The lowest BCUT2D eigenvalue weighted by atomic mass is 9.99. The number of rotatable bonds is 4. The molecule has 1 aromatic carbocycles. The predicted molar refractivity (Wildman–Crippen MR) is 69.2 cm³/mol. The van der Waals surface area contributed by atoms with Crippen LogP contribution in [0.15, 0.2) is 24.3 Å². The van der Waals surface area contributed by atoms with Gasteiger partial charge in [0.15, 0.2) is 0 Å². The Labute approximate surface area is 99.0 Å². The first-order valence-electron chi connectivity index (χ1n) is 5.81. The lowest BCUT2D eigenvalue weighted by molar-refractivity contribution is 0.406. The number of ether oxygens (including phenoxy) is 1. The molecule has 1 atom stereocenters. The second-order valence-electron chi connectivity index (χ2n) is 5.31. The van der Waals surface area contributed by atoms with Crippen LogP contribution >= 0.6 is 0 Å². The molecular weight excluding hydrogens is 198 g/mol. The lowest BCUT2D eigenvalue weighted by Gasteiger charge is -2.23. The van der Waals surface area contributed by atoms with E-state index in [1.807, 2.05) is 12.1 Å². The van der Waals surface area contributed by atoms with Gasteiger partial charge in [-0.05, 0) is 44.4 Å². The molecule has 0 fully saturated rings. The van der Waals surface area contributed by atoms with Crippen molar-refractivity contribution in [3.63, 3.8) is 0 Å². The third kappa shape index (κ3) is 4.23. The highest BCUT2D eigenvalue weighted by Crippen LogP contribution is 2.20.